The molecule has 0 bridgehead atoms. The van der Waals surface area contributed by atoms with E-state index in [1.807, 2.05) is 18.2 Å². The summed E-state index contributed by atoms with van der Waals surface area (Å²) in [5, 5.41) is 15.1. The fourth-order valence-corrected chi connectivity index (χ4v) is 6.02. The third-order valence-electron chi connectivity index (χ3n) is 7.14. The smallest absolute Gasteiger partial charge is 0.251 e. The van der Waals surface area contributed by atoms with Crippen LogP contribution >= 0.6 is 11.3 Å². The van der Waals surface area contributed by atoms with Crippen molar-refractivity contribution in [2.75, 3.05) is 6.61 Å². The minimum Gasteiger partial charge on any atom is -0.394 e. The predicted octanol–water partition coefficient (Wildman–Crippen LogP) is 6.11. The van der Waals surface area contributed by atoms with E-state index in [-0.39, 0.29) is 18.6 Å². The highest BCUT2D eigenvalue weighted by Gasteiger charge is 2.22. The second-order valence-electron chi connectivity index (χ2n) is 9.42. The molecule has 2 heterocycles. The molecular weight excluding hydrogens is 430 g/mol. The van der Waals surface area contributed by atoms with E-state index in [1.165, 1.54) is 37.0 Å². The summed E-state index contributed by atoms with van der Waals surface area (Å²) in [6, 6.07) is 10.3. The molecule has 33 heavy (non-hydrogen) atoms. The Bertz CT molecular complexity index is 1030. The maximum Gasteiger partial charge on any atom is 0.251 e. The van der Waals surface area contributed by atoms with Crippen LogP contribution in [0.2, 0.25) is 0 Å². The van der Waals surface area contributed by atoms with E-state index in [0.29, 0.717) is 17.5 Å². The number of aliphatic hydroxyl groups excluding tert-OH is 1. The Kier molecular flexibility index (Phi) is 8.20. The largest absolute Gasteiger partial charge is 0.394 e. The number of hydrogen-bond acceptors (Lipinski definition) is 4. The van der Waals surface area contributed by atoms with Gasteiger partial charge in [-0.25, -0.2) is 4.98 Å². The van der Waals surface area contributed by atoms with Gasteiger partial charge in [-0.15, -0.1) is 11.3 Å². The Morgan fingerprint density at radius 2 is 2.00 bits per heavy atom. The Morgan fingerprint density at radius 1 is 1.21 bits per heavy atom. The molecule has 0 spiro atoms. The topological polar surface area (TPSA) is 67.2 Å². The molecule has 1 saturated carbocycles. The molecule has 1 aliphatic rings. The number of hydrogen-bond donors (Lipinski definition) is 2. The van der Waals surface area contributed by atoms with E-state index in [4.69, 9.17) is 4.98 Å². The van der Waals surface area contributed by atoms with Gasteiger partial charge in [0.15, 0.2) is 0 Å². The molecule has 1 unspecified atom stereocenters. The van der Waals surface area contributed by atoms with Crippen LogP contribution in [-0.2, 0) is 6.42 Å². The lowest BCUT2D eigenvalue weighted by Gasteiger charge is -2.26. The summed E-state index contributed by atoms with van der Waals surface area (Å²) < 4.78 is 2.37. The molecule has 178 valence electrons. The first-order valence-corrected chi connectivity index (χ1v) is 13.5. The van der Waals surface area contributed by atoms with Crippen LogP contribution in [-0.4, -0.2) is 33.2 Å². The highest BCUT2D eigenvalue weighted by Crippen LogP contribution is 2.29. The summed E-state index contributed by atoms with van der Waals surface area (Å²) in [4.78, 5) is 19.3. The summed E-state index contributed by atoms with van der Waals surface area (Å²) in [5.74, 6) is 1.54. The minimum atomic E-state index is -0.187. The minimum absolute atomic E-state index is 0.0151. The zero-order chi connectivity index (χ0) is 23.2. The Hall–Kier alpha value is -2.18. The van der Waals surface area contributed by atoms with Crippen LogP contribution in [0.3, 0.4) is 0 Å². The van der Waals surface area contributed by atoms with Crippen molar-refractivity contribution in [1.82, 2.24) is 14.9 Å². The zero-order valence-corrected chi connectivity index (χ0v) is 20.7. The van der Waals surface area contributed by atoms with Gasteiger partial charge in [-0.2, -0.15) is 0 Å². The second-order valence-corrected chi connectivity index (χ2v) is 10.5. The number of carbonyl (C=O) groups excluding carboxylic acids is 1. The SMILES string of the molecule is CCC(CC)n1c(Cc2cccs2)nc2cc(C(=O)NC(CO)CC3CCCCC3)ccc21. The van der Waals surface area contributed by atoms with Gasteiger partial charge >= 0.3 is 0 Å². The lowest BCUT2D eigenvalue weighted by atomic mass is 9.85. The van der Waals surface area contributed by atoms with Crippen molar-refractivity contribution >= 4 is 28.3 Å². The number of imidazole rings is 1. The number of rotatable bonds is 10. The maximum atomic E-state index is 13.0. The van der Waals surface area contributed by atoms with Crippen LogP contribution in [0.25, 0.3) is 11.0 Å². The summed E-state index contributed by atoms with van der Waals surface area (Å²) in [6.07, 6.45) is 10.0. The van der Waals surface area contributed by atoms with Gasteiger partial charge in [0.1, 0.15) is 5.82 Å². The van der Waals surface area contributed by atoms with Gasteiger partial charge in [0, 0.05) is 22.9 Å². The van der Waals surface area contributed by atoms with Crippen LogP contribution < -0.4 is 5.32 Å². The first-order valence-electron chi connectivity index (χ1n) is 12.6. The van der Waals surface area contributed by atoms with Crippen molar-refractivity contribution < 1.29 is 9.90 Å². The number of nitrogens with one attached hydrogen (secondary N) is 1. The van der Waals surface area contributed by atoms with Gasteiger partial charge in [0.2, 0.25) is 0 Å². The molecule has 1 atom stereocenters. The number of thiophene rings is 1. The number of aliphatic hydroxyl groups is 1. The molecule has 2 aromatic heterocycles. The lowest BCUT2D eigenvalue weighted by Crippen LogP contribution is -2.39. The predicted molar refractivity (Wildman–Crippen MR) is 136 cm³/mol. The first-order chi connectivity index (χ1) is 16.1. The average Bonchev–Trinajstić information content (AvgIpc) is 3.48. The molecule has 5 nitrogen and oxygen atoms in total. The van der Waals surface area contributed by atoms with Crippen molar-refractivity contribution in [3.8, 4) is 0 Å². The second kappa shape index (κ2) is 11.3. The molecule has 4 rings (SSSR count). The molecule has 1 aliphatic carbocycles. The molecule has 6 heteroatoms. The molecule has 0 aliphatic heterocycles. The number of aromatic nitrogens is 2. The number of nitrogens with zero attached hydrogens (tertiary/aromatic N) is 2. The van der Waals surface area contributed by atoms with Gasteiger partial charge < -0.3 is 15.0 Å². The zero-order valence-electron chi connectivity index (χ0n) is 19.9. The van der Waals surface area contributed by atoms with Crippen LogP contribution in [0, 0.1) is 5.92 Å². The van der Waals surface area contributed by atoms with E-state index >= 15 is 0 Å². The Morgan fingerprint density at radius 3 is 2.67 bits per heavy atom. The lowest BCUT2D eigenvalue weighted by molar-refractivity contribution is 0.0902. The molecule has 0 radical (unpaired) electrons. The normalized spacial score (nSPS) is 15.9. The fourth-order valence-electron chi connectivity index (χ4n) is 5.32. The van der Waals surface area contributed by atoms with Crippen LogP contribution in [0.4, 0.5) is 0 Å². The first kappa shape index (κ1) is 24.0. The van der Waals surface area contributed by atoms with Gasteiger partial charge in [-0.3, -0.25) is 4.79 Å². The number of amides is 1. The molecule has 1 amide bonds. The highest BCUT2D eigenvalue weighted by atomic mass is 32.1. The molecule has 0 saturated heterocycles. The standard InChI is InChI=1S/C27H37N3O2S/c1-3-22(4-2)30-25-13-12-20(16-24(25)29-26(30)17-23-11-8-14-33-23)27(32)28-21(18-31)15-19-9-6-5-7-10-19/h8,11-14,16,19,21-22,31H,3-7,9-10,15,17-18H2,1-2H3,(H,28,32). The molecular formula is C27H37N3O2S. The van der Waals surface area contributed by atoms with Gasteiger partial charge in [0.05, 0.1) is 23.7 Å². The highest BCUT2D eigenvalue weighted by molar-refractivity contribution is 7.09. The average molecular weight is 468 g/mol. The summed E-state index contributed by atoms with van der Waals surface area (Å²) >= 11 is 1.75. The number of benzene rings is 1. The third kappa shape index (κ3) is 5.67. The monoisotopic (exact) mass is 467 g/mol. The molecule has 1 aromatic carbocycles. The van der Waals surface area contributed by atoms with Crippen molar-refractivity contribution in [1.29, 1.82) is 0 Å². The Balaban J connectivity index is 1.56. The van der Waals surface area contributed by atoms with Crippen molar-refractivity contribution in [3.63, 3.8) is 0 Å². The van der Waals surface area contributed by atoms with E-state index in [2.05, 4.69) is 41.2 Å². The number of carbonyl (C=O) groups is 1. The van der Waals surface area contributed by atoms with Crippen LogP contribution in [0.5, 0.6) is 0 Å². The van der Waals surface area contributed by atoms with Gasteiger partial charge in [0.25, 0.3) is 5.91 Å². The summed E-state index contributed by atoms with van der Waals surface area (Å²) in [7, 11) is 0. The summed E-state index contributed by atoms with van der Waals surface area (Å²) in [5.41, 5.74) is 2.57. The van der Waals surface area contributed by atoms with E-state index in [0.717, 1.165) is 42.5 Å². The molecule has 1 fully saturated rings. The van der Waals surface area contributed by atoms with E-state index in [9.17, 15) is 9.90 Å². The number of fused-ring (bicyclic) bond motifs is 1. The maximum absolute atomic E-state index is 13.0. The van der Waals surface area contributed by atoms with E-state index < -0.39 is 0 Å². The quantitative estimate of drug-likeness (QED) is 0.378. The van der Waals surface area contributed by atoms with Gasteiger partial charge in [-0.1, -0.05) is 52.0 Å². The fraction of sp³-hybridized carbons (Fsp3) is 0.556. The van der Waals surface area contributed by atoms with Crippen molar-refractivity contribution in [3.05, 3.63) is 52.0 Å². The molecule has 3 aromatic rings. The van der Waals surface area contributed by atoms with Crippen molar-refractivity contribution in [2.45, 2.75) is 83.7 Å². The summed E-state index contributed by atoms with van der Waals surface area (Å²) in [6.45, 7) is 4.43. The Labute approximate surface area is 201 Å². The van der Waals surface area contributed by atoms with Gasteiger partial charge in [-0.05, 0) is 54.8 Å². The third-order valence-corrected chi connectivity index (χ3v) is 8.02. The van der Waals surface area contributed by atoms with E-state index in [1.54, 1.807) is 11.3 Å². The van der Waals surface area contributed by atoms with Crippen LogP contribution in [0.15, 0.2) is 35.7 Å². The molecule has 2 N–H and O–H groups in total. The van der Waals surface area contributed by atoms with Crippen molar-refractivity contribution in [2.24, 2.45) is 5.92 Å². The van der Waals surface area contributed by atoms with Crippen LogP contribution in [0.1, 0.15) is 92.3 Å².